The average molecular weight is 294 g/mol. The van der Waals surface area contributed by atoms with Crippen molar-refractivity contribution < 1.29 is 4.42 Å². The number of hydrogen-bond acceptors (Lipinski definition) is 3. The average Bonchev–Trinajstić information content (AvgIpc) is 2.86. The Hall–Kier alpha value is -0.800. The highest BCUT2D eigenvalue weighted by Gasteiger charge is 2.17. The van der Waals surface area contributed by atoms with Gasteiger partial charge in [0.25, 0.3) is 0 Å². The van der Waals surface area contributed by atoms with Gasteiger partial charge in [-0.3, -0.25) is 4.90 Å². The van der Waals surface area contributed by atoms with E-state index < -0.39 is 0 Å². The van der Waals surface area contributed by atoms with E-state index in [0.717, 1.165) is 18.8 Å². The fourth-order valence-electron chi connectivity index (χ4n) is 2.30. The summed E-state index contributed by atoms with van der Waals surface area (Å²) >= 11 is 0. The number of nitrogens with one attached hydrogen (secondary N) is 1. The minimum absolute atomic E-state index is 0.114. The smallest absolute Gasteiger partial charge is 0.122 e. The maximum Gasteiger partial charge on any atom is 0.122 e. The molecule has 0 spiro atoms. The molecule has 3 heteroatoms. The van der Waals surface area contributed by atoms with Crippen LogP contribution in [0.2, 0.25) is 0 Å². The summed E-state index contributed by atoms with van der Waals surface area (Å²) in [4.78, 5) is 2.58. The SMILES string of the molecule is CCCCN(Cc1ccoc1CNC(C)(C)C)C(C)CC. The Balaban J connectivity index is 2.68. The molecular formula is C18H34N2O. The normalized spacial score (nSPS) is 13.9. The van der Waals surface area contributed by atoms with Crippen molar-refractivity contribution in [2.45, 2.75) is 85.5 Å². The minimum Gasteiger partial charge on any atom is -0.468 e. The molecule has 0 fully saturated rings. The maximum atomic E-state index is 5.69. The highest BCUT2D eigenvalue weighted by atomic mass is 16.3. The van der Waals surface area contributed by atoms with Gasteiger partial charge in [0.15, 0.2) is 0 Å². The molecule has 0 aliphatic rings. The van der Waals surface area contributed by atoms with Gasteiger partial charge in [0.2, 0.25) is 0 Å². The molecule has 1 N–H and O–H groups in total. The number of rotatable bonds is 9. The van der Waals surface area contributed by atoms with Crippen molar-refractivity contribution in [2.75, 3.05) is 6.54 Å². The lowest BCUT2D eigenvalue weighted by atomic mass is 10.1. The topological polar surface area (TPSA) is 28.4 Å². The number of furan rings is 1. The van der Waals surface area contributed by atoms with Crippen LogP contribution in [0.4, 0.5) is 0 Å². The molecule has 1 unspecified atom stereocenters. The summed E-state index contributed by atoms with van der Waals surface area (Å²) in [7, 11) is 0. The first-order valence-corrected chi connectivity index (χ1v) is 8.41. The molecule has 0 aliphatic heterocycles. The van der Waals surface area contributed by atoms with E-state index in [-0.39, 0.29) is 5.54 Å². The van der Waals surface area contributed by atoms with Gasteiger partial charge in [0.1, 0.15) is 5.76 Å². The van der Waals surface area contributed by atoms with Crippen molar-refractivity contribution in [3.05, 3.63) is 23.7 Å². The summed E-state index contributed by atoms with van der Waals surface area (Å²) in [5, 5.41) is 3.51. The van der Waals surface area contributed by atoms with Crippen LogP contribution in [0.15, 0.2) is 16.7 Å². The third-order valence-electron chi connectivity index (χ3n) is 4.00. The standard InChI is InChI=1S/C18H34N2O/c1-7-9-11-20(15(3)8-2)14-16-10-12-21-17(16)13-19-18(4,5)6/h10,12,15,19H,7-9,11,13-14H2,1-6H3. The summed E-state index contributed by atoms with van der Waals surface area (Å²) < 4.78 is 5.69. The molecule has 1 rings (SSSR count). The number of unbranched alkanes of at least 4 members (excludes halogenated alkanes) is 1. The van der Waals surface area contributed by atoms with E-state index >= 15 is 0 Å². The first kappa shape index (κ1) is 18.2. The molecule has 1 heterocycles. The van der Waals surface area contributed by atoms with Crippen LogP contribution in [0.25, 0.3) is 0 Å². The Labute approximate surface area is 131 Å². The van der Waals surface area contributed by atoms with E-state index in [0.29, 0.717) is 6.04 Å². The minimum atomic E-state index is 0.114. The molecule has 1 aromatic heterocycles. The summed E-state index contributed by atoms with van der Waals surface area (Å²) in [5.74, 6) is 1.08. The Bertz CT molecular complexity index is 392. The van der Waals surface area contributed by atoms with Crippen molar-refractivity contribution in [3.63, 3.8) is 0 Å². The van der Waals surface area contributed by atoms with Crippen LogP contribution in [0.3, 0.4) is 0 Å². The fraction of sp³-hybridized carbons (Fsp3) is 0.778. The molecule has 122 valence electrons. The molecule has 1 aromatic rings. The van der Waals surface area contributed by atoms with Gasteiger partial charge in [0.05, 0.1) is 12.8 Å². The van der Waals surface area contributed by atoms with Crippen LogP contribution >= 0.6 is 0 Å². The van der Waals surface area contributed by atoms with E-state index in [9.17, 15) is 0 Å². The summed E-state index contributed by atoms with van der Waals surface area (Å²) in [6, 6.07) is 2.75. The lowest BCUT2D eigenvalue weighted by Crippen LogP contribution is -2.36. The molecule has 0 aromatic carbocycles. The third-order valence-corrected chi connectivity index (χ3v) is 4.00. The van der Waals surface area contributed by atoms with Gasteiger partial charge in [-0.2, -0.15) is 0 Å². The number of nitrogens with zero attached hydrogens (tertiary/aromatic N) is 1. The van der Waals surface area contributed by atoms with Crippen LogP contribution in [0.5, 0.6) is 0 Å². The van der Waals surface area contributed by atoms with Crippen molar-refractivity contribution in [1.29, 1.82) is 0 Å². The van der Waals surface area contributed by atoms with Gasteiger partial charge >= 0.3 is 0 Å². The predicted molar refractivity (Wildman–Crippen MR) is 90.4 cm³/mol. The van der Waals surface area contributed by atoms with E-state index in [4.69, 9.17) is 4.42 Å². The van der Waals surface area contributed by atoms with Crippen LogP contribution in [0, 0.1) is 0 Å². The highest BCUT2D eigenvalue weighted by Crippen LogP contribution is 2.17. The van der Waals surface area contributed by atoms with Crippen LogP contribution in [-0.2, 0) is 13.1 Å². The zero-order valence-corrected chi connectivity index (χ0v) is 14.8. The molecule has 3 nitrogen and oxygen atoms in total. The predicted octanol–water partition coefficient (Wildman–Crippen LogP) is 4.57. The van der Waals surface area contributed by atoms with E-state index in [1.807, 2.05) is 6.26 Å². The second kappa shape index (κ2) is 8.60. The van der Waals surface area contributed by atoms with Crippen molar-refractivity contribution in [3.8, 4) is 0 Å². The zero-order valence-electron chi connectivity index (χ0n) is 14.8. The summed E-state index contributed by atoms with van der Waals surface area (Å²) in [6.07, 6.45) is 5.52. The zero-order chi connectivity index (χ0) is 15.9. The number of hydrogen-bond donors (Lipinski definition) is 1. The van der Waals surface area contributed by atoms with Gasteiger partial charge in [-0.1, -0.05) is 20.3 Å². The molecule has 0 saturated carbocycles. The fourth-order valence-corrected chi connectivity index (χ4v) is 2.30. The lowest BCUT2D eigenvalue weighted by molar-refractivity contribution is 0.190. The van der Waals surface area contributed by atoms with Crippen molar-refractivity contribution in [1.82, 2.24) is 10.2 Å². The Morgan fingerprint density at radius 3 is 2.57 bits per heavy atom. The van der Waals surface area contributed by atoms with E-state index in [2.05, 4.69) is 57.8 Å². The molecule has 0 radical (unpaired) electrons. The molecule has 0 aliphatic carbocycles. The lowest BCUT2D eigenvalue weighted by Gasteiger charge is -2.28. The Morgan fingerprint density at radius 2 is 2.00 bits per heavy atom. The van der Waals surface area contributed by atoms with Gasteiger partial charge in [0, 0.05) is 23.7 Å². The second-order valence-electron chi connectivity index (χ2n) is 7.05. The monoisotopic (exact) mass is 294 g/mol. The Kier molecular flexibility index (Phi) is 7.47. The van der Waals surface area contributed by atoms with Crippen LogP contribution < -0.4 is 5.32 Å². The van der Waals surface area contributed by atoms with Gasteiger partial charge in [-0.25, -0.2) is 0 Å². The highest BCUT2D eigenvalue weighted by molar-refractivity contribution is 5.17. The van der Waals surface area contributed by atoms with Gasteiger partial charge in [-0.15, -0.1) is 0 Å². The van der Waals surface area contributed by atoms with Gasteiger partial charge in [-0.05, 0) is 53.1 Å². The van der Waals surface area contributed by atoms with E-state index in [1.54, 1.807) is 0 Å². The largest absolute Gasteiger partial charge is 0.468 e. The van der Waals surface area contributed by atoms with E-state index in [1.165, 1.54) is 31.4 Å². The summed E-state index contributed by atoms with van der Waals surface area (Å²) in [6.45, 7) is 16.4. The van der Waals surface area contributed by atoms with Crippen molar-refractivity contribution in [2.24, 2.45) is 0 Å². The summed E-state index contributed by atoms with van der Waals surface area (Å²) in [5.41, 5.74) is 1.44. The Morgan fingerprint density at radius 1 is 1.29 bits per heavy atom. The molecule has 0 bridgehead atoms. The third kappa shape index (κ3) is 6.66. The van der Waals surface area contributed by atoms with Gasteiger partial charge < -0.3 is 9.73 Å². The molecular weight excluding hydrogens is 260 g/mol. The molecule has 0 saturated heterocycles. The molecule has 0 amide bonds. The maximum absolute atomic E-state index is 5.69. The second-order valence-corrected chi connectivity index (χ2v) is 7.05. The molecule has 1 atom stereocenters. The quantitative estimate of drug-likeness (QED) is 0.723. The van der Waals surface area contributed by atoms with Crippen LogP contribution in [-0.4, -0.2) is 23.0 Å². The van der Waals surface area contributed by atoms with Crippen LogP contribution in [0.1, 0.15) is 72.1 Å². The van der Waals surface area contributed by atoms with Crippen molar-refractivity contribution >= 4 is 0 Å². The first-order chi connectivity index (χ1) is 9.87. The molecule has 21 heavy (non-hydrogen) atoms. The first-order valence-electron chi connectivity index (χ1n) is 8.41.